The first-order valence-corrected chi connectivity index (χ1v) is 8.60. The van der Waals surface area contributed by atoms with E-state index < -0.39 is 5.60 Å². The number of hydrogen-bond acceptors (Lipinski definition) is 3. The Kier molecular flexibility index (Phi) is 5.53. The summed E-state index contributed by atoms with van der Waals surface area (Å²) in [5.41, 5.74) is -0.411. The Bertz CT molecular complexity index is 351. The number of amides is 1. The number of hydrogen-bond donors (Lipinski definition) is 1. The highest BCUT2D eigenvalue weighted by atomic mass is 16.6. The fraction of sp³-hybridized carbons (Fsp3) is 0.941. The molecule has 1 amide bonds. The Balaban J connectivity index is 1.63. The third-order valence-corrected chi connectivity index (χ3v) is 4.78. The molecule has 122 valence electrons. The van der Waals surface area contributed by atoms with Gasteiger partial charge in [0.25, 0.3) is 0 Å². The second kappa shape index (κ2) is 6.99. The lowest BCUT2D eigenvalue weighted by atomic mass is 9.95. The topological polar surface area (TPSA) is 41.6 Å². The summed E-state index contributed by atoms with van der Waals surface area (Å²) in [6.45, 7) is 10.2. The van der Waals surface area contributed by atoms with Crippen molar-refractivity contribution >= 4 is 6.09 Å². The number of rotatable bonds is 6. The molecule has 2 aliphatic rings. The van der Waals surface area contributed by atoms with Crippen molar-refractivity contribution in [2.24, 2.45) is 11.8 Å². The molecule has 4 nitrogen and oxygen atoms in total. The Morgan fingerprint density at radius 2 is 2.05 bits per heavy atom. The van der Waals surface area contributed by atoms with E-state index in [9.17, 15) is 4.79 Å². The van der Waals surface area contributed by atoms with Crippen molar-refractivity contribution in [3.8, 4) is 0 Å². The van der Waals surface area contributed by atoms with Gasteiger partial charge in [-0.05, 0) is 71.8 Å². The lowest BCUT2D eigenvalue weighted by molar-refractivity contribution is 0.0258. The highest BCUT2D eigenvalue weighted by Gasteiger charge is 2.38. The molecule has 21 heavy (non-hydrogen) atoms. The maximum Gasteiger partial charge on any atom is 0.410 e. The van der Waals surface area contributed by atoms with Crippen LogP contribution in [-0.4, -0.2) is 42.3 Å². The van der Waals surface area contributed by atoms with Crippen LogP contribution in [0.15, 0.2) is 0 Å². The molecule has 2 aliphatic carbocycles. The molecule has 1 N–H and O–H groups in total. The number of nitrogens with one attached hydrogen (secondary N) is 1. The molecular formula is C17H32N2O2. The zero-order chi connectivity index (χ0) is 15.5. The minimum Gasteiger partial charge on any atom is -0.444 e. The highest BCUT2D eigenvalue weighted by Crippen LogP contribution is 2.44. The van der Waals surface area contributed by atoms with Crippen LogP contribution < -0.4 is 5.32 Å². The van der Waals surface area contributed by atoms with Crippen LogP contribution in [0.4, 0.5) is 4.79 Å². The number of carbonyl (C=O) groups is 1. The van der Waals surface area contributed by atoms with Gasteiger partial charge in [-0.15, -0.1) is 0 Å². The molecule has 0 aromatic rings. The molecule has 0 aromatic carbocycles. The van der Waals surface area contributed by atoms with Gasteiger partial charge in [0.1, 0.15) is 5.60 Å². The first kappa shape index (κ1) is 16.6. The van der Waals surface area contributed by atoms with Gasteiger partial charge >= 0.3 is 6.09 Å². The van der Waals surface area contributed by atoms with E-state index in [-0.39, 0.29) is 6.09 Å². The summed E-state index contributed by atoms with van der Waals surface area (Å²) < 4.78 is 5.43. The number of carbonyl (C=O) groups excluding carboxylic acids is 1. The molecule has 2 bridgehead atoms. The minimum absolute atomic E-state index is 0.190. The Labute approximate surface area is 129 Å². The van der Waals surface area contributed by atoms with Crippen molar-refractivity contribution < 1.29 is 9.53 Å². The molecule has 0 radical (unpaired) electrons. The minimum atomic E-state index is -0.411. The summed E-state index contributed by atoms with van der Waals surface area (Å²) in [5.74, 6) is 1.91. The van der Waals surface area contributed by atoms with Crippen LogP contribution in [0.2, 0.25) is 0 Å². The van der Waals surface area contributed by atoms with Gasteiger partial charge in [-0.1, -0.05) is 6.42 Å². The van der Waals surface area contributed by atoms with Crippen LogP contribution in [0.1, 0.15) is 59.8 Å². The van der Waals surface area contributed by atoms with Gasteiger partial charge in [-0.2, -0.15) is 0 Å². The zero-order valence-corrected chi connectivity index (χ0v) is 14.2. The largest absolute Gasteiger partial charge is 0.444 e. The van der Waals surface area contributed by atoms with E-state index >= 15 is 0 Å². The molecule has 4 heteroatoms. The average Bonchev–Trinajstić information content (AvgIpc) is 2.98. The molecule has 0 heterocycles. The van der Waals surface area contributed by atoms with Crippen LogP contribution in [0.5, 0.6) is 0 Å². The first-order chi connectivity index (χ1) is 9.89. The lowest BCUT2D eigenvalue weighted by Gasteiger charge is -2.27. The molecule has 2 saturated carbocycles. The van der Waals surface area contributed by atoms with Crippen molar-refractivity contribution in [1.29, 1.82) is 0 Å². The average molecular weight is 296 g/mol. The molecule has 0 aromatic heterocycles. The molecule has 0 aliphatic heterocycles. The Hall–Kier alpha value is -0.770. The predicted molar refractivity (Wildman–Crippen MR) is 85.3 cm³/mol. The second-order valence-electron chi connectivity index (χ2n) is 7.65. The Morgan fingerprint density at radius 3 is 2.57 bits per heavy atom. The van der Waals surface area contributed by atoms with Crippen LogP contribution in [0, 0.1) is 11.8 Å². The van der Waals surface area contributed by atoms with E-state index in [1.807, 2.05) is 27.7 Å². The van der Waals surface area contributed by atoms with E-state index in [0.717, 1.165) is 37.4 Å². The van der Waals surface area contributed by atoms with Crippen molar-refractivity contribution in [2.75, 3.05) is 19.6 Å². The third kappa shape index (κ3) is 4.87. The molecule has 3 atom stereocenters. The van der Waals surface area contributed by atoms with Crippen LogP contribution in [0.3, 0.4) is 0 Å². The monoisotopic (exact) mass is 296 g/mol. The fourth-order valence-electron chi connectivity index (χ4n) is 3.76. The van der Waals surface area contributed by atoms with Crippen molar-refractivity contribution in [3.63, 3.8) is 0 Å². The number of ether oxygens (including phenoxy) is 1. The molecule has 2 rings (SSSR count). The van der Waals surface area contributed by atoms with Gasteiger partial charge < -0.3 is 15.0 Å². The van der Waals surface area contributed by atoms with Crippen molar-refractivity contribution in [3.05, 3.63) is 0 Å². The standard InChI is InChI=1S/C17H32N2O2/c1-5-19(16(20)21-17(2,3)4)10-6-9-18-15-12-13-7-8-14(15)11-13/h13-15,18H,5-12H2,1-4H3. The summed E-state index contributed by atoms with van der Waals surface area (Å²) in [6.07, 6.45) is 6.49. The van der Waals surface area contributed by atoms with Crippen LogP contribution in [-0.2, 0) is 4.74 Å². The van der Waals surface area contributed by atoms with Crippen LogP contribution >= 0.6 is 0 Å². The van der Waals surface area contributed by atoms with Crippen LogP contribution in [0.25, 0.3) is 0 Å². The molecule has 2 fully saturated rings. The second-order valence-corrected chi connectivity index (χ2v) is 7.65. The quantitative estimate of drug-likeness (QED) is 0.764. The summed E-state index contributed by atoms with van der Waals surface area (Å²) >= 11 is 0. The zero-order valence-electron chi connectivity index (χ0n) is 14.2. The maximum absolute atomic E-state index is 12.0. The van der Waals surface area contributed by atoms with Crippen molar-refractivity contribution in [1.82, 2.24) is 10.2 Å². The third-order valence-electron chi connectivity index (χ3n) is 4.78. The molecule has 3 unspecified atom stereocenters. The van der Waals surface area contributed by atoms with Gasteiger partial charge in [-0.3, -0.25) is 0 Å². The normalized spacial score (nSPS) is 27.9. The van der Waals surface area contributed by atoms with E-state index in [1.54, 1.807) is 4.90 Å². The van der Waals surface area contributed by atoms with Gasteiger partial charge in [0.05, 0.1) is 0 Å². The summed E-state index contributed by atoms with van der Waals surface area (Å²) in [7, 11) is 0. The number of fused-ring (bicyclic) bond motifs is 2. The first-order valence-electron chi connectivity index (χ1n) is 8.60. The Morgan fingerprint density at radius 1 is 1.29 bits per heavy atom. The summed E-state index contributed by atoms with van der Waals surface area (Å²) in [5, 5.41) is 3.70. The van der Waals surface area contributed by atoms with Gasteiger partial charge in [0, 0.05) is 19.1 Å². The molecular weight excluding hydrogens is 264 g/mol. The lowest BCUT2D eigenvalue weighted by Crippen LogP contribution is -2.39. The smallest absolute Gasteiger partial charge is 0.410 e. The van der Waals surface area contributed by atoms with Crippen molar-refractivity contribution in [2.45, 2.75) is 71.4 Å². The number of nitrogens with zero attached hydrogens (tertiary/aromatic N) is 1. The molecule has 0 saturated heterocycles. The fourth-order valence-corrected chi connectivity index (χ4v) is 3.76. The van der Waals surface area contributed by atoms with E-state index in [2.05, 4.69) is 5.32 Å². The summed E-state index contributed by atoms with van der Waals surface area (Å²) in [4.78, 5) is 13.8. The van der Waals surface area contributed by atoms with Gasteiger partial charge in [0.2, 0.25) is 0 Å². The van der Waals surface area contributed by atoms with Gasteiger partial charge in [0.15, 0.2) is 0 Å². The van der Waals surface area contributed by atoms with E-state index in [0.29, 0.717) is 6.54 Å². The molecule has 0 spiro atoms. The van der Waals surface area contributed by atoms with Gasteiger partial charge in [-0.25, -0.2) is 4.79 Å². The summed E-state index contributed by atoms with van der Waals surface area (Å²) in [6, 6.07) is 0.736. The maximum atomic E-state index is 12.0. The SMILES string of the molecule is CCN(CCCNC1CC2CCC1C2)C(=O)OC(C)(C)C. The predicted octanol–water partition coefficient (Wildman–Crippen LogP) is 3.41. The van der Waals surface area contributed by atoms with E-state index in [4.69, 9.17) is 4.74 Å². The highest BCUT2D eigenvalue weighted by molar-refractivity contribution is 5.68. The van der Waals surface area contributed by atoms with E-state index in [1.165, 1.54) is 25.7 Å².